The highest BCUT2D eigenvalue weighted by Crippen LogP contribution is 2.41. The van der Waals surface area contributed by atoms with Gasteiger partial charge in [0, 0.05) is 44.2 Å². The maximum Gasteiger partial charge on any atom is 0.408 e. The minimum absolute atomic E-state index is 0.0686. The Balaban J connectivity index is 1.30. The second-order valence-corrected chi connectivity index (χ2v) is 13.9. The lowest BCUT2D eigenvalue weighted by atomic mass is 9.81. The van der Waals surface area contributed by atoms with Gasteiger partial charge in [-0.3, -0.25) is 14.5 Å². The molecule has 1 saturated carbocycles. The van der Waals surface area contributed by atoms with Crippen LogP contribution >= 0.6 is 15.9 Å². The number of aryl methyl sites for hydroxylation is 1. The standard InChI is InChI=1S/C39H41BrFN3O5/c1-3-7-27-9-4-5-10-29(27)22-43(31-16-17-31)38(46)37-33(21-32-23-42(25(2)45)24-35(37)44(32)39(47)48)28-13-11-26(12-14-28)8-6-19-49-36-20-30(41)15-18-34(36)40/h3-5,9-15,18,20,31-32,35H,1,6-8,16-17,19,21-24H2,2H3,(H,47,48)/t32-,35-/m1/s1. The first-order valence-corrected chi connectivity index (χ1v) is 17.6. The monoisotopic (exact) mass is 729 g/mol. The van der Waals surface area contributed by atoms with E-state index in [1.54, 1.807) is 11.0 Å². The first-order chi connectivity index (χ1) is 23.6. The molecule has 8 nitrogen and oxygen atoms in total. The van der Waals surface area contributed by atoms with Crippen LogP contribution in [0, 0.1) is 5.82 Å². The summed E-state index contributed by atoms with van der Waals surface area (Å²) in [5.74, 6) is -0.196. The van der Waals surface area contributed by atoms with Crippen LogP contribution in [-0.2, 0) is 29.0 Å². The molecule has 0 spiro atoms. The molecule has 2 aliphatic heterocycles. The maximum atomic E-state index is 14.9. The lowest BCUT2D eigenvalue weighted by molar-refractivity contribution is -0.135. The third-order valence-corrected chi connectivity index (χ3v) is 10.3. The molecule has 49 heavy (non-hydrogen) atoms. The van der Waals surface area contributed by atoms with Crippen molar-refractivity contribution in [3.63, 3.8) is 0 Å². The van der Waals surface area contributed by atoms with Gasteiger partial charge in [0.05, 0.1) is 23.2 Å². The smallest absolute Gasteiger partial charge is 0.408 e. The highest BCUT2D eigenvalue weighted by atomic mass is 79.9. The molecule has 3 amide bonds. The molecule has 2 atom stereocenters. The van der Waals surface area contributed by atoms with Gasteiger partial charge in [-0.1, -0.05) is 54.6 Å². The fraction of sp³-hybridized carbons (Fsp3) is 0.359. The predicted molar refractivity (Wildman–Crippen MR) is 190 cm³/mol. The molecule has 0 aromatic heterocycles. The number of nitrogens with zero attached hydrogens (tertiary/aromatic N) is 3. The Morgan fingerprint density at radius 3 is 2.47 bits per heavy atom. The van der Waals surface area contributed by atoms with Gasteiger partial charge in [-0.05, 0) is 94.4 Å². The molecule has 0 unspecified atom stereocenters. The summed E-state index contributed by atoms with van der Waals surface area (Å²) in [7, 11) is 0. The van der Waals surface area contributed by atoms with Crippen molar-refractivity contribution in [3.05, 3.63) is 118 Å². The van der Waals surface area contributed by atoms with Crippen LogP contribution in [0.4, 0.5) is 9.18 Å². The summed E-state index contributed by atoms with van der Waals surface area (Å²) in [6.07, 6.45) is 5.02. The zero-order chi connectivity index (χ0) is 34.7. The first kappa shape index (κ1) is 34.4. The van der Waals surface area contributed by atoms with Gasteiger partial charge in [-0.25, -0.2) is 9.18 Å². The van der Waals surface area contributed by atoms with Crippen molar-refractivity contribution in [3.8, 4) is 5.75 Å². The minimum Gasteiger partial charge on any atom is -0.492 e. The van der Waals surface area contributed by atoms with Crippen molar-refractivity contribution in [2.45, 2.75) is 70.1 Å². The normalized spacial score (nSPS) is 18.7. The number of amides is 3. The van der Waals surface area contributed by atoms with Crippen LogP contribution in [0.15, 0.2) is 89.4 Å². The molecule has 3 aromatic carbocycles. The van der Waals surface area contributed by atoms with Gasteiger partial charge in [-0.2, -0.15) is 0 Å². The van der Waals surface area contributed by atoms with Gasteiger partial charge in [-0.15, -0.1) is 6.58 Å². The molecule has 3 aromatic rings. The van der Waals surface area contributed by atoms with Crippen molar-refractivity contribution in [1.29, 1.82) is 0 Å². The molecule has 1 N–H and O–H groups in total. The van der Waals surface area contributed by atoms with Crippen LogP contribution in [0.25, 0.3) is 5.57 Å². The van der Waals surface area contributed by atoms with Crippen molar-refractivity contribution in [2.24, 2.45) is 0 Å². The Hall–Kier alpha value is -4.44. The molecule has 256 valence electrons. The van der Waals surface area contributed by atoms with E-state index in [1.165, 1.54) is 24.0 Å². The van der Waals surface area contributed by atoms with Crippen LogP contribution in [0.5, 0.6) is 5.75 Å². The number of carbonyl (C=O) groups excluding carboxylic acids is 2. The molecular weight excluding hydrogens is 689 g/mol. The van der Waals surface area contributed by atoms with Gasteiger partial charge in [0.15, 0.2) is 0 Å². The molecule has 3 aliphatic rings. The lowest BCUT2D eigenvalue weighted by Gasteiger charge is -2.50. The molecule has 2 heterocycles. The summed E-state index contributed by atoms with van der Waals surface area (Å²) < 4.78 is 20.1. The van der Waals surface area contributed by atoms with E-state index < -0.39 is 18.2 Å². The molecule has 1 aliphatic carbocycles. The van der Waals surface area contributed by atoms with Gasteiger partial charge in [0.2, 0.25) is 5.91 Å². The van der Waals surface area contributed by atoms with Crippen LogP contribution in [0.3, 0.4) is 0 Å². The number of benzene rings is 3. The van der Waals surface area contributed by atoms with Gasteiger partial charge in [0.1, 0.15) is 11.6 Å². The molecule has 2 fully saturated rings. The van der Waals surface area contributed by atoms with E-state index in [2.05, 4.69) is 28.6 Å². The van der Waals surface area contributed by atoms with Crippen molar-refractivity contribution < 1.29 is 28.6 Å². The number of hydrogen-bond acceptors (Lipinski definition) is 4. The number of carboxylic acid groups (broad SMARTS) is 1. The van der Waals surface area contributed by atoms with E-state index >= 15 is 0 Å². The van der Waals surface area contributed by atoms with Crippen molar-refractivity contribution in [1.82, 2.24) is 14.7 Å². The number of rotatable bonds is 12. The summed E-state index contributed by atoms with van der Waals surface area (Å²) >= 11 is 3.39. The molecule has 1 saturated heterocycles. The Bertz CT molecular complexity index is 1770. The predicted octanol–water partition coefficient (Wildman–Crippen LogP) is 7.26. The third kappa shape index (κ3) is 7.75. The van der Waals surface area contributed by atoms with Crippen molar-refractivity contribution >= 4 is 39.4 Å². The number of fused-ring (bicyclic) bond motifs is 2. The largest absolute Gasteiger partial charge is 0.492 e. The number of hydrogen-bond donors (Lipinski definition) is 1. The Morgan fingerprint density at radius 1 is 1.06 bits per heavy atom. The van der Waals surface area contributed by atoms with Crippen LogP contribution in [-0.4, -0.2) is 75.5 Å². The van der Waals surface area contributed by atoms with Gasteiger partial charge in [0.25, 0.3) is 5.91 Å². The van der Waals surface area contributed by atoms with E-state index in [0.29, 0.717) is 41.8 Å². The average Bonchev–Trinajstić information content (AvgIpc) is 3.92. The SMILES string of the molecule is C=CCc1ccccc1CN(C(=O)C1=C(c2ccc(CCCOc3cc(F)ccc3Br)cc2)C[C@@H]2CN(C(C)=O)C[C@H]1N2C(=O)O)C1CC1. The summed E-state index contributed by atoms with van der Waals surface area (Å²) in [4.78, 5) is 45.2. The number of ether oxygens (including phenoxy) is 1. The highest BCUT2D eigenvalue weighted by Gasteiger charge is 2.49. The van der Waals surface area contributed by atoms with Crippen LogP contribution in [0.2, 0.25) is 0 Å². The molecule has 6 rings (SSSR count). The summed E-state index contributed by atoms with van der Waals surface area (Å²) in [6, 6.07) is 19.3. The second-order valence-electron chi connectivity index (χ2n) is 13.0. The van der Waals surface area contributed by atoms with E-state index in [9.17, 15) is 23.9 Å². The van der Waals surface area contributed by atoms with Gasteiger partial charge >= 0.3 is 6.09 Å². The maximum absolute atomic E-state index is 14.9. The lowest BCUT2D eigenvalue weighted by Crippen LogP contribution is -2.64. The number of carbonyl (C=O) groups is 3. The summed E-state index contributed by atoms with van der Waals surface area (Å²) in [6.45, 7) is 6.64. The molecule has 10 heteroatoms. The average molecular weight is 731 g/mol. The minimum atomic E-state index is -1.08. The van der Waals surface area contributed by atoms with E-state index in [-0.39, 0.29) is 36.8 Å². The Labute approximate surface area is 295 Å². The molecule has 0 radical (unpaired) electrons. The number of allylic oxidation sites excluding steroid dienone is 1. The van der Waals surface area contributed by atoms with E-state index in [0.717, 1.165) is 53.5 Å². The van der Waals surface area contributed by atoms with E-state index in [4.69, 9.17) is 4.74 Å². The zero-order valence-corrected chi connectivity index (χ0v) is 29.2. The zero-order valence-electron chi connectivity index (χ0n) is 27.6. The van der Waals surface area contributed by atoms with E-state index in [1.807, 2.05) is 53.4 Å². The second kappa shape index (κ2) is 15.0. The van der Waals surface area contributed by atoms with Gasteiger partial charge < -0.3 is 19.6 Å². The fourth-order valence-electron chi connectivity index (χ4n) is 7.08. The first-order valence-electron chi connectivity index (χ1n) is 16.8. The Kier molecular flexibility index (Phi) is 10.5. The number of halogens is 2. The quantitative estimate of drug-likeness (QED) is 0.157. The number of piperazine rings is 1. The van der Waals surface area contributed by atoms with Crippen molar-refractivity contribution in [2.75, 3.05) is 19.7 Å². The molecular formula is C39H41BrFN3O5. The molecule has 2 bridgehead atoms. The summed E-state index contributed by atoms with van der Waals surface area (Å²) in [5, 5.41) is 10.4. The highest BCUT2D eigenvalue weighted by molar-refractivity contribution is 9.10. The topological polar surface area (TPSA) is 90.4 Å². The van der Waals surface area contributed by atoms with Crippen LogP contribution < -0.4 is 4.74 Å². The fourth-order valence-corrected chi connectivity index (χ4v) is 7.44. The van der Waals surface area contributed by atoms with Crippen LogP contribution in [0.1, 0.15) is 54.9 Å². The summed E-state index contributed by atoms with van der Waals surface area (Å²) in [5.41, 5.74) is 5.41. The Morgan fingerprint density at radius 2 is 1.80 bits per heavy atom. The third-order valence-electron chi connectivity index (χ3n) is 9.68.